The Labute approximate surface area is 107 Å². The van der Waals surface area contributed by atoms with Gasteiger partial charge < -0.3 is 4.74 Å². The molecule has 1 N–H and O–H groups in total. The zero-order valence-corrected chi connectivity index (χ0v) is 12.1. The molecule has 2 heteroatoms. The highest BCUT2D eigenvalue weighted by Crippen LogP contribution is 2.02. The molecule has 3 unspecified atom stereocenters. The summed E-state index contributed by atoms with van der Waals surface area (Å²) in [5.41, 5.74) is 0. The molecular formula is C15H29NO. The Bertz CT molecular complexity index is 223. The quantitative estimate of drug-likeness (QED) is 0.489. The predicted molar refractivity (Wildman–Crippen MR) is 76.0 cm³/mol. The summed E-state index contributed by atoms with van der Waals surface area (Å²) >= 11 is 0. The highest BCUT2D eigenvalue weighted by atomic mass is 16.5. The molecule has 0 aliphatic carbocycles. The maximum atomic E-state index is 5.74. The van der Waals surface area contributed by atoms with E-state index in [1.165, 1.54) is 6.42 Å². The molecule has 0 spiro atoms. The van der Waals surface area contributed by atoms with Gasteiger partial charge in [0.2, 0.25) is 0 Å². The van der Waals surface area contributed by atoms with E-state index in [1.54, 1.807) is 0 Å². The fourth-order valence-corrected chi connectivity index (χ4v) is 1.29. The Morgan fingerprint density at radius 2 is 1.88 bits per heavy atom. The molecule has 3 atom stereocenters. The van der Waals surface area contributed by atoms with E-state index in [4.69, 9.17) is 4.74 Å². The van der Waals surface area contributed by atoms with Crippen molar-refractivity contribution in [2.75, 3.05) is 13.2 Å². The van der Waals surface area contributed by atoms with Crippen LogP contribution in [0.5, 0.6) is 0 Å². The molecule has 100 valence electrons. The predicted octanol–water partition coefficient (Wildman–Crippen LogP) is 3.75. The average Bonchev–Trinajstić information content (AvgIpc) is 2.33. The first-order valence-electron chi connectivity index (χ1n) is 6.74. The van der Waals surface area contributed by atoms with Gasteiger partial charge in [0.1, 0.15) is 6.23 Å². The Morgan fingerprint density at radius 3 is 2.47 bits per heavy atom. The van der Waals surface area contributed by atoms with Crippen molar-refractivity contribution < 1.29 is 4.74 Å². The second-order valence-electron chi connectivity index (χ2n) is 4.79. The van der Waals surface area contributed by atoms with Crippen LogP contribution >= 0.6 is 0 Å². The fourth-order valence-electron chi connectivity index (χ4n) is 1.29. The molecule has 0 aliphatic rings. The summed E-state index contributed by atoms with van der Waals surface area (Å²) in [6.07, 6.45) is 9.66. The van der Waals surface area contributed by atoms with E-state index in [9.17, 15) is 0 Å². The molecule has 0 rings (SSSR count). The normalized spacial score (nSPS) is 17.7. The largest absolute Gasteiger partial charge is 0.363 e. The zero-order chi connectivity index (χ0) is 13.1. The van der Waals surface area contributed by atoms with E-state index in [1.807, 2.05) is 19.1 Å². The van der Waals surface area contributed by atoms with Crippen molar-refractivity contribution >= 4 is 0 Å². The van der Waals surface area contributed by atoms with Crippen LogP contribution in [-0.4, -0.2) is 19.4 Å². The van der Waals surface area contributed by atoms with E-state index < -0.39 is 0 Å². The van der Waals surface area contributed by atoms with Crippen LogP contribution in [0.15, 0.2) is 24.3 Å². The summed E-state index contributed by atoms with van der Waals surface area (Å²) in [5, 5.41) is 3.40. The van der Waals surface area contributed by atoms with Gasteiger partial charge in [-0.2, -0.15) is 0 Å². The lowest BCUT2D eigenvalue weighted by atomic mass is 10.1. The third-order valence-corrected chi connectivity index (χ3v) is 2.80. The molecule has 0 saturated carbocycles. The summed E-state index contributed by atoms with van der Waals surface area (Å²) in [6, 6.07) is 0. The molecule has 0 amide bonds. The Morgan fingerprint density at radius 1 is 1.18 bits per heavy atom. The zero-order valence-electron chi connectivity index (χ0n) is 12.1. The molecule has 0 bridgehead atoms. The van der Waals surface area contributed by atoms with Gasteiger partial charge in [-0.3, -0.25) is 5.32 Å². The first-order valence-corrected chi connectivity index (χ1v) is 6.74. The lowest BCUT2D eigenvalue weighted by Crippen LogP contribution is -2.33. The monoisotopic (exact) mass is 239 g/mol. The van der Waals surface area contributed by atoms with Crippen molar-refractivity contribution in [1.29, 1.82) is 0 Å². The van der Waals surface area contributed by atoms with E-state index in [2.05, 4.69) is 45.2 Å². The topological polar surface area (TPSA) is 21.3 Å². The summed E-state index contributed by atoms with van der Waals surface area (Å²) < 4.78 is 5.74. The number of allylic oxidation sites excluding steroid dienone is 3. The van der Waals surface area contributed by atoms with Crippen LogP contribution in [-0.2, 0) is 4.74 Å². The Kier molecular flexibility index (Phi) is 10.2. The number of hydrogen-bond acceptors (Lipinski definition) is 2. The summed E-state index contributed by atoms with van der Waals surface area (Å²) in [7, 11) is 0. The van der Waals surface area contributed by atoms with Crippen molar-refractivity contribution in [3.63, 3.8) is 0 Å². The number of hydrogen-bond donors (Lipinski definition) is 1. The first kappa shape index (κ1) is 16.4. The minimum Gasteiger partial charge on any atom is -0.363 e. The second-order valence-corrected chi connectivity index (χ2v) is 4.79. The third kappa shape index (κ3) is 10.3. The molecular weight excluding hydrogens is 210 g/mol. The van der Waals surface area contributed by atoms with Gasteiger partial charge in [0.15, 0.2) is 0 Å². The number of ether oxygens (including phenoxy) is 1. The van der Waals surface area contributed by atoms with Crippen molar-refractivity contribution in [3.8, 4) is 0 Å². The summed E-state index contributed by atoms with van der Waals surface area (Å²) in [6.45, 7) is 12.5. The van der Waals surface area contributed by atoms with Gasteiger partial charge in [-0.25, -0.2) is 0 Å². The minimum atomic E-state index is 0.140. The second kappa shape index (κ2) is 10.5. The molecule has 17 heavy (non-hydrogen) atoms. The Hall–Kier alpha value is -0.600. The SMILES string of the molecule is C/C=C\C=C/C(C)COC(C)NCC(C)CC. The van der Waals surface area contributed by atoms with E-state index in [0.29, 0.717) is 11.8 Å². The number of rotatable bonds is 9. The Balaban J connectivity index is 3.65. The molecule has 0 fully saturated rings. The van der Waals surface area contributed by atoms with Gasteiger partial charge in [-0.05, 0) is 25.7 Å². The van der Waals surface area contributed by atoms with Crippen LogP contribution in [0.25, 0.3) is 0 Å². The molecule has 0 saturated heterocycles. The average molecular weight is 239 g/mol. The van der Waals surface area contributed by atoms with Crippen LogP contribution in [0.3, 0.4) is 0 Å². The molecule has 0 aliphatic heterocycles. The standard InChI is InChI=1S/C15H29NO/c1-6-8-9-10-14(4)12-17-15(5)16-11-13(3)7-2/h6,8-10,13-16H,7,11-12H2,1-5H3/b8-6-,10-9-. The molecule has 0 radical (unpaired) electrons. The van der Waals surface area contributed by atoms with Gasteiger partial charge in [0.05, 0.1) is 6.61 Å². The van der Waals surface area contributed by atoms with Gasteiger partial charge in [-0.15, -0.1) is 0 Å². The smallest absolute Gasteiger partial charge is 0.105 e. The van der Waals surface area contributed by atoms with Crippen molar-refractivity contribution in [2.24, 2.45) is 11.8 Å². The van der Waals surface area contributed by atoms with Crippen LogP contribution < -0.4 is 5.32 Å². The lowest BCUT2D eigenvalue weighted by Gasteiger charge is -2.18. The minimum absolute atomic E-state index is 0.140. The molecule has 0 aromatic carbocycles. The first-order chi connectivity index (χ1) is 8.10. The van der Waals surface area contributed by atoms with Crippen molar-refractivity contribution in [1.82, 2.24) is 5.32 Å². The molecule has 0 heterocycles. The fraction of sp³-hybridized carbons (Fsp3) is 0.733. The van der Waals surface area contributed by atoms with Crippen LogP contribution in [0.4, 0.5) is 0 Å². The van der Waals surface area contributed by atoms with Crippen LogP contribution in [0.1, 0.15) is 41.0 Å². The van der Waals surface area contributed by atoms with Crippen molar-refractivity contribution in [3.05, 3.63) is 24.3 Å². The lowest BCUT2D eigenvalue weighted by molar-refractivity contribution is 0.0288. The maximum Gasteiger partial charge on any atom is 0.105 e. The molecule has 0 aromatic heterocycles. The molecule has 0 aromatic rings. The van der Waals surface area contributed by atoms with E-state index in [-0.39, 0.29) is 6.23 Å². The van der Waals surface area contributed by atoms with E-state index >= 15 is 0 Å². The highest BCUT2D eigenvalue weighted by molar-refractivity contribution is 5.02. The highest BCUT2D eigenvalue weighted by Gasteiger charge is 2.05. The maximum absolute atomic E-state index is 5.74. The molecule has 2 nitrogen and oxygen atoms in total. The van der Waals surface area contributed by atoms with Gasteiger partial charge in [-0.1, -0.05) is 51.5 Å². The third-order valence-electron chi connectivity index (χ3n) is 2.80. The van der Waals surface area contributed by atoms with E-state index in [0.717, 1.165) is 13.2 Å². The van der Waals surface area contributed by atoms with Crippen molar-refractivity contribution in [2.45, 2.75) is 47.3 Å². The number of nitrogens with one attached hydrogen (secondary N) is 1. The van der Waals surface area contributed by atoms with Gasteiger partial charge in [0.25, 0.3) is 0 Å². The van der Waals surface area contributed by atoms with Crippen LogP contribution in [0, 0.1) is 11.8 Å². The van der Waals surface area contributed by atoms with Gasteiger partial charge >= 0.3 is 0 Å². The summed E-state index contributed by atoms with van der Waals surface area (Å²) in [4.78, 5) is 0. The van der Waals surface area contributed by atoms with Crippen LogP contribution in [0.2, 0.25) is 0 Å². The summed E-state index contributed by atoms with van der Waals surface area (Å²) in [5.74, 6) is 1.17. The van der Waals surface area contributed by atoms with Gasteiger partial charge in [0, 0.05) is 6.54 Å².